The lowest BCUT2D eigenvalue weighted by Gasteiger charge is -2.12. The zero-order valence-electron chi connectivity index (χ0n) is 19.8. The van der Waals surface area contributed by atoms with E-state index in [2.05, 4.69) is 20.0 Å². The largest absolute Gasteiger partial charge is 0.350 e. The van der Waals surface area contributed by atoms with Crippen LogP contribution < -0.4 is 15.6 Å². The van der Waals surface area contributed by atoms with Crippen molar-refractivity contribution in [2.75, 3.05) is 16.3 Å². The highest BCUT2D eigenvalue weighted by Gasteiger charge is 2.15. The summed E-state index contributed by atoms with van der Waals surface area (Å²) in [5, 5.41) is 3.45. The van der Waals surface area contributed by atoms with Crippen LogP contribution >= 0.6 is 0 Å². The van der Waals surface area contributed by atoms with Gasteiger partial charge in [-0.15, -0.1) is 0 Å². The second kappa shape index (κ2) is 9.60. The van der Waals surface area contributed by atoms with Crippen molar-refractivity contribution < 1.29 is 22.0 Å². The molecule has 192 valence electrons. The maximum Gasteiger partial charge on any atom is 0.272 e. The Morgan fingerprint density at radius 3 is 2.37 bits per heavy atom. The molecular formula is C27H20F2N4O4S. The lowest BCUT2D eigenvalue weighted by molar-refractivity contribution is 0.102. The SMILES string of the molecule is CS(=O)(=O)Nc1ccc2cc(C(=O)Nc3cc(-c4cccc(=O)[nH]4)cc(-c4ccc(F)cc4F)c3)[nH]c2c1. The van der Waals surface area contributed by atoms with Gasteiger partial charge in [0.2, 0.25) is 15.6 Å². The Hall–Kier alpha value is -4.77. The van der Waals surface area contributed by atoms with Gasteiger partial charge >= 0.3 is 0 Å². The summed E-state index contributed by atoms with van der Waals surface area (Å²) in [5.74, 6) is -2.02. The normalized spacial score (nSPS) is 11.4. The van der Waals surface area contributed by atoms with Gasteiger partial charge in [-0.25, -0.2) is 17.2 Å². The lowest BCUT2D eigenvalue weighted by atomic mass is 9.99. The number of anilines is 2. The Morgan fingerprint density at radius 1 is 0.842 bits per heavy atom. The van der Waals surface area contributed by atoms with Crippen LogP contribution in [0.1, 0.15) is 10.5 Å². The van der Waals surface area contributed by atoms with Gasteiger partial charge in [0.25, 0.3) is 5.91 Å². The second-order valence-electron chi connectivity index (χ2n) is 8.67. The summed E-state index contributed by atoms with van der Waals surface area (Å²) < 4.78 is 53.5. The number of rotatable bonds is 6. The Morgan fingerprint density at radius 2 is 1.63 bits per heavy atom. The van der Waals surface area contributed by atoms with Crippen molar-refractivity contribution in [1.29, 1.82) is 0 Å². The fourth-order valence-corrected chi connectivity index (χ4v) is 4.63. The minimum Gasteiger partial charge on any atom is -0.350 e. The van der Waals surface area contributed by atoms with Gasteiger partial charge in [0.05, 0.1) is 11.9 Å². The number of fused-ring (bicyclic) bond motifs is 1. The van der Waals surface area contributed by atoms with Crippen LogP contribution in [0.5, 0.6) is 0 Å². The van der Waals surface area contributed by atoms with E-state index in [-0.39, 0.29) is 16.8 Å². The van der Waals surface area contributed by atoms with Crippen molar-refractivity contribution in [3.63, 3.8) is 0 Å². The third-order valence-electron chi connectivity index (χ3n) is 5.68. The topological polar surface area (TPSA) is 124 Å². The molecule has 0 radical (unpaired) electrons. The Kier molecular flexibility index (Phi) is 6.29. The highest BCUT2D eigenvalue weighted by atomic mass is 32.2. The van der Waals surface area contributed by atoms with Crippen LogP contribution in [0.4, 0.5) is 20.2 Å². The Labute approximate surface area is 215 Å². The smallest absolute Gasteiger partial charge is 0.272 e. The molecule has 0 unspecified atom stereocenters. The summed E-state index contributed by atoms with van der Waals surface area (Å²) in [6.07, 6.45) is 1.04. The molecule has 1 amide bonds. The van der Waals surface area contributed by atoms with Gasteiger partial charge in [-0.2, -0.15) is 0 Å². The van der Waals surface area contributed by atoms with Gasteiger partial charge in [-0.3, -0.25) is 14.3 Å². The van der Waals surface area contributed by atoms with E-state index in [9.17, 15) is 26.8 Å². The molecule has 38 heavy (non-hydrogen) atoms. The van der Waals surface area contributed by atoms with Gasteiger partial charge in [-0.1, -0.05) is 12.1 Å². The number of aromatic amines is 2. The number of benzene rings is 3. The summed E-state index contributed by atoms with van der Waals surface area (Å²) in [4.78, 5) is 30.7. The zero-order valence-corrected chi connectivity index (χ0v) is 20.6. The first-order valence-corrected chi connectivity index (χ1v) is 13.2. The van der Waals surface area contributed by atoms with Crippen molar-refractivity contribution in [2.45, 2.75) is 0 Å². The number of amides is 1. The number of nitrogens with one attached hydrogen (secondary N) is 4. The van der Waals surface area contributed by atoms with Crippen LogP contribution in [-0.4, -0.2) is 30.5 Å². The van der Waals surface area contributed by atoms with E-state index in [0.717, 1.165) is 18.4 Å². The van der Waals surface area contributed by atoms with Crippen LogP contribution in [-0.2, 0) is 10.0 Å². The number of sulfonamides is 1. The van der Waals surface area contributed by atoms with E-state index in [0.29, 0.717) is 39.1 Å². The van der Waals surface area contributed by atoms with Crippen LogP contribution in [0.3, 0.4) is 0 Å². The number of hydrogen-bond donors (Lipinski definition) is 4. The number of pyridine rings is 1. The molecule has 2 aromatic heterocycles. The summed E-state index contributed by atoms with van der Waals surface area (Å²) in [6, 6.07) is 18.9. The minimum absolute atomic E-state index is 0.110. The van der Waals surface area contributed by atoms with Gasteiger partial charge < -0.3 is 15.3 Å². The molecule has 0 bridgehead atoms. The Balaban J connectivity index is 1.52. The van der Waals surface area contributed by atoms with E-state index >= 15 is 0 Å². The zero-order chi connectivity index (χ0) is 27.0. The third kappa shape index (κ3) is 5.47. The maximum absolute atomic E-state index is 14.6. The molecule has 5 rings (SSSR count). The number of halogens is 2. The van der Waals surface area contributed by atoms with Crippen LogP contribution in [0, 0.1) is 11.6 Å². The molecule has 4 N–H and O–H groups in total. The molecule has 0 aliphatic carbocycles. The quantitative estimate of drug-likeness (QED) is 0.242. The van der Waals surface area contributed by atoms with Crippen LogP contribution in [0.2, 0.25) is 0 Å². The second-order valence-corrected chi connectivity index (χ2v) is 10.4. The van der Waals surface area contributed by atoms with Crippen LogP contribution in [0.25, 0.3) is 33.3 Å². The molecule has 3 aromatic carbocycles. The average Bonchev–Trinajstić information content (AvgIpc) is 3.26. The summed E-state index contributed by atoms with van der Waals surface area (Å²) in [5.41, 5.74) is 2.43. The standard InChI is InChI=1S/C27H20F2N4O4S/c1-38(36,37)33-19-7-5-15-12-25(31-24(15)14-19)27(35)30-20-10-16(21-8-6-18(28)13-22(21)29)9-17(11-20)23-3-2-4-26(34)32-23/h2-14,31,33H,1H3,(H,30,35)(H,32,34). The van der Waals surface area contributed by atoms with Crippen molar-refractivity contribution in [1.82, 2.24) is 9.97 Å². The first kappa shape index (κ1) is 24.9. The molecule has 8 nitrogen and oxygen atoms in total. The molecule has 0 fully saturated rings. The highest BCUT2D eigenvalue weighted by molar-refractivity contribution is 7.92. The molecular weight excluding hydrogens is 514 g/mol. The predicted octanol–water partition coefficient (Wildman–Crippen LogP) is 5.09. The number of carbonyl (C=O) groups is 1. The molecule has 0 aliphatic heterocycles. The molecule has 0 spiro atoms. The van der Waals surface area contributed by atoms with E-state index in [1.54, 1.807) is 48.5 Å². The summed E-state index contributed by atoms with van der Waals surface area (Å²) >= 11 is 0. The predicted molar refractivity (Wildman–Crippen MR) is 143 cm³/mol. The van der Waals surface area contributed by atoms with Gasteiger partial charge in [0, 0.05) is 45.5 Å². The lowest BCUT2D eigenvalue weighted by Crippen LogP contribution is -2.12. The first-order chi connectivity index (χ1) is 18.0. The molecule has 5 aromatic rings. The Bertz CT molecular complexity index is 1880. The van der Waals surface area contributed by atoms with Gasteiger partial charge in [-0.05, 0) is 60.2 Å². The van der Waals surface area contributed by atoms with Crippen molar-refractivity contribution in [3.8, 4) is 22.4 Å². The van der Waals surface area contributed by atoms with Gasteiger partial charge in [0.15, 0.2) is 0 Å². The molecule has 0 aliphatic rings. The maximum atomic E-state index is 14.6. The third-order valence-corrected chi connectivity index (χ3v) is 6.29. The first-order valence-electron chi connectivity index (χ1n) is 11.3. The fourth-order valence-electron chi connectivity index (χ4n) is 4.08. The monoisotopic (exact) mass is 534 g/mol. The molecule has 0 saturated heterocycles. The number of H-pyrrole nitrogens is 2. The van der Waals surface area contributed by atoms with E-state index in [4.69, 9.17) is 0 Å². The molecule has 0 saturated carbocycles. The number of carbonyl (C=O) groups excluding carboxylic acids is 1. The number of hydrogen-bond acceptors (Lipinski definition) is 4. The molecule has 2 heterocycles. The molecule has 11 heteroatoms. The number of aromatic nitrogens is 2. The van der Waals surface area contributed by atoms with Crippen molar-refractivity contribution in [2.24, 2.45) is 0 Å². The van der Waals surface area contributed by atoms with E-state index in [1.807, 2.05) is 0 Å². The minimum atomic E-state index is -3.47. The van der Waals surface area contributed by atoms with E-state index < -0.39 is 27.6 Å². The summed E-state index contributed by atoms with van der Waals surface area (Å²) in [6.45, 7) is 0. The average molecular weight is 535 g/mol. The van der Waals surface area contributed by atoms with E-state index in [1.165, 1.54) is 18.2 Å². The van der Waals surface area contributed by atoms with Crippen LogP contribution in [0.15, 0.2) is 83.7 Å². The highest BCUT2D eigenvalue weighted by Crippen LogP contribution is 2.31. The molecule has 0 atom stereocenters. The summed E-state index contributed by atoms with van der Waals surface area (Å²) in [7, 11) is -3.47. The van der Waals surface area contributed by atoms with Crippen molar-refractivity contribution >= 4 is 38.2 Å². The van der Waals surface area contributed by atoms with Gasteiger partial charge in [0.1, 0.15) is 17.3 Å². The fraction of sp³-hybridized carbons (Fsp3) is 0.0370. The van der Waals surface area contributed by atoms with Crippen molar-refractivity contribution in [3.05, 3.63) is 107 Å².